The summed E-state index contributed by atoms with van der Waals surface area (Å²) < 4.78 is 1.09. The highest BCUT2D eigenvalue weighted by Crippen LogP contribution is 2.35. The van der Waals surface area contributed by atoms with Crippen LogP contribution in [0.2, 0.25) is 0 Å². The van der Waals surface area contributed by atoms with Crippen molar-refractivity contribution in [1.82, 2.24) is 25.7 Å². The van der Waals surface area contributed by atoms with Gasteiger partial charge >= 0.3 is 0 Å². The van der Waals surface area contributed by atoms with Crippen molar-refractivity contribution in [2.24, 2.45) is 0 Å². The van der Waals surface area contributed by atoms with Crippen molar-refractivity contribution < 1.29 is 0 Å². The third-order valence-electron chi connectivity index (χ3n) is 3.34. The molecule has 0 saturated carbocycles. The predicted octanol–water partition coefficient (Wildman–Crippen LogP) is 1.04. The second-order valence-electron chi connectivity index (χ2n) is 4.49. The van der Waals surface area contributed by atoms with Crippen LogP contribution in [0.4, 0.5) is 5.82 Å². The van der Waals surface area contributed by atoms with Gasteiger partial charge in [0.05, 0.1) is 0 Å². The Labute approximate surface area is 113 Å². The highest BCUT2D eigenvalue weighted by molar-refractivity contribution is 7.25. The van der Waals surface area contributed by atoms with Crippen LogP contribution >= 0.6 is 11.3 Å². The van der Waals surface area contributed by atoms with E-state index in [4.69, 9.17) is 0 Å². The molecule has 4 heterocycles. The molecule has 6 nitrogen and oxygen atoms in total. The number of aromatic nitrogens is 4. The molecular weight excluding hydrogens is 260 g/mol. The fourth-order valence-corrected chi connectivity index (χ4v) is 3.50. The first-order valence-corrected chi connectivity index (χ1v) is 7.07. The lowest BCUT2D eigenvalue weighted by Gasteiger charge is -2.27. The Balaban J connectivity index is 1.95. The van der Waals surface area contributed by atoms with Crippen LogP contribution in [0.1, 0.15) is 0 Å². The van der Waals surface area contributed by atoms with E-state index in [0.29, 0.717) is 0 Å². The zero-order valence-corrected chi connectivity index (χ0v) is 11.0. The molecule has 1 N–H and O–H groups in total. The summed E-state index contributed by atoms with van der Waals surface area (Å²) in [5.74, 6) is 0.939. The number of anilines is 1. The van der Waals surface area contributed by atoms with Gasteiger partial charge in [-0.05, 0) is 17.3 Å². The average molecular weight is 272 g/mol. The lowest BCUT2D eigenvalue weighted by molar-refractivity contribution is 0.583. The van der Waals surface area contributed by atoms with Gasteiger partial charge in [0.15, 0.2) is 5.82 Å². The number of hydrogen-bond donors (Lipinski definition) is 1. The van der Waals surface area contributed by atoms with Crippen molar-refractivity contribution in [3.05, 3.63) is 18.3 Å². The maximum absolute atomic E-state index is 4.40. The molecule has 96 valence electrons. The van der Waals surface area contributed by atoms with Crippen LogP contribution < -0.4 is 10.2 Å². The van der Waals surface area contributed by atoms with Crippen LogP contribution in [0.15, 0.2) is 18.3 Å². The Morgan fingerprint density at radius 3 is 3.00 bits per heavy atom. The van der Waals surface area contributed by atoms with E-state index in [2.05, 4.69) is 30.6 Å². The Morgan fingerprint density at radius 2 is 2.11 bits per heavy atom. The molecule has 0 aromatic carbocycles. The van der Waals surface area contributed by atoms with Crippen LogP contribution in [0.5, 0.6) is 0 Å². The summed E-state index contributed by atoms with van der Waals surface area (Å²) in [5, 5.41) is 16.8. The predicted molar refractivity (Wildman–Crippen MR) is 75.6 cm³/mol. The number of nitrogens with one attached hydrogen (secondary N) is 1. The number of thiophene rings is 1. The summed E-state index contributed by atoms with van der Waals surface area (Å²) in [7, 11) is 0. The molecule has 0 amide bonds. The first-order chi connectivity index (χ1) is 9.43. The molecule has 3 aromatic heterocycles. The number of piperazine rings is 1. The maximum Gasteiger partial charge on any atom is 0.172 e. The number of nitrogens with zero attached hydrogens (tertiary/aromatic N) is 5. The zero-order valence-electron chi connectivity index (χ0n) is 10.2. The molecular formula is C12H12N6S. The van der Waals surface area contributed by atoms with Gasteiger partial charge in [0, 0.05) is 37.8 Å². The van der Waals surface area contributed by atoms with Gasteiger partial charge in [0.25, 0.3) is 0 Å². The van der Waals surface area contributed by atoms with E-state index in [-0.39, 0.29) is 0 Å². The minimum absolute atomic E-state index is 0.914. The molecule has 4 rings (SSSR count). The largest absolute Gasteiger partial charge is 0.351 e. The van der Waals surface area contributed by atoms with Crippen molar-refractivity contribution >= 4 is 37.6 Å². The van der Waals surface area contributed by atoms with Crippen molar-refractivity contribution in [1.29, 1.82) is 0 Å². The highest BCUT2D eigenvalue weighted by atomic mass is 32.1. The molecule has 1 saturated heterocycles. The topological polar surface area (TPSA) is 66.8 Å². The lowest BCUT2D eigenvalue weighted by atomic mass is 10.3. The Bertz CT molecular complexity index is 733. The molecule has 0 aliphatic carbocycles. The summed E-state index contributed by atoms with van der Waals surface area (Å²) in [6.07, 6.45) is 1.81. The van der Waals surface area contributed by atoms with Crippen LogP contribution in [-0.4, -0.2) is 46.6 Å². The van der Waals surface area contributed by atoms with E-state index in [9.17, 15) is 0 Å². The van der Waals surface area contributed by atoms with E-state index in [1.54, 1.807) is 11.3 Å². The normalized spacial score (nSPS) is 16.3. The first-order valence-electron chi connectivity index (χ1n) is 6.26. The third-order valence-corrected chi connectivity index (χ3v) is 4.44. The van der Waals surface area contributed by atoms with Crippen LogP contribution in [-0.2, 0) is 0 Å². The van der Waals surface area contributed by atoms with E-state index in [1.807, 2.05) is 18.3 Å². The van der Waals surface area contributed by atoms with Crippen molar-refractivity contribution in [2.45, 2.75) is 0 Å². The summed E-state index contributed by atoms with van der Waals surface area (Å²) in [6, 6.07) is 3.97. The number of fused-ring (bicyclic) bond motifs is 3. The molecule has 0 spiro atoms. The number of rotatable bonds is 1. The molecule has 3 aromatic rings. The minimum atomic E-state index is 0.914. The van der Waals surface area contributed by atoms with Crippen LogP contribution in [0, 0.1) is 0 Å². The van der Waals surface area contributed by atoms with Gasteiger partial charge < -0.3 is 10.2 Å². The van der Waals surface area contributed by atoms with Crippen molar-refractivity contribution in [3.8, 4) is 0 Å². The minimum Gasteiger partial charge on any atom is -0.351 e. The molecule has 0 unspecified atom stereocenters. The second kappa shape index (κ2) is 4.36. The molecule has 0 radical (unpaired) electrons. The van der Waals surface area contributed by atoms with Gasteiger partial charge in [-0.1, -0.05) is 0 Å². The van der Waals surface area contributed by atoms with Gasteiger partial charge in [-0.25, -0.2) is 4.98 Å². The Kier molecular flexibility index (Phi) is 2.52. The standard InChI is InChI=1S/C12H12N6S/c1-2-8-9-10(19-12(8)14-3-1)11(16-17-15-9)18-6-4-13-5-7-18/h1-3,13H,4-7H2. The van der Waals surface area contributed by atoms with Gasteiger partial charge in [0.1, 0.15) is 15.0 Å². The fourth-order valence-electron chi connectivity index (χ4n) is 2.41. The Hall–Kier alpha value is -1.86. The van der Waals surface area contributed by atoms with E-state index >= 15 is 0 Å². The summed E-state index contributed by atoms with van der Waals surface area (Å²) in [6.45, 7) is 3.87. The highest BCUT2D eigenvalue weighted by Gasteiger charge is 2.19. The van der Waals surface area contributed by atoms with E-state index in [0.717, 1.165) is 52.4 Å². The molecule has 0 bridgehead atoms. The number of pyridine rings is 1. The first kappa shape index (κ1) is 11.0. The van der Waals surface area contributed by atoms with Crippen LogP contribution in [0.3, 0.4) is 0 Å². The molecule has 1 aliphatic heterocycles. The maximum atomic E-state index is 4.40. The third kappa shape index (κ3) is 1.73. The molecule has 0 atom stereocenters. The van der Waals surface area contributed by atoms with Crippen molar-refractivity contribution in [2.75, 3.05) is 31.1 Å². The second-order valence-corrected chi connectivity index (χ2v) is 5.49. The summed E-state index contributed by atoms with van der Waals surface area (Å²) >= 11 is 1.64. The van der Waals surface area contributed by atoms with Crippen molar-refractivity contribution in [3.63, 3.8) is 0 Å². The fraction of sp³-hybridized carbons (Fsp3) is 0.333. The smallest absolute Gasteiger partial charge is 0.172 e. The SMILES string of the molecule is c1cnc2sc3c(N4CCNCC4)nnnc3c2c1. The summed E-state index contributed by atoms with van der Waals surface area (Å²) in [4.78, 5) is 7.66. The van der Waals surface area contributed by atoms with Gasteiger partial charge in [0.2, 0.25) is 0 Å². The molecule has 1 aliphatic rings. The molecule has 1 fully saturated rings. The van der Waals surface area contributed by atoms with Crippen LogP contribution in [0.25, 0.3) is 20.4 Å². The lowest BCUT2D eigenvalue weighted by Crippen LogP contribution is -2.44. The molecule has 7 heteroatoms. The Morgan fingerprint density at radius 1 is 1.21 bits per heavy atom. The van der Waals surface area contributed by atoms with E-state index in [1.165, 1.54) is 0 Å². The van der Waals surface area contributed by atoms with Gasteiger partial charge in [-0.3, -0.25) is 0 Å². The average Bonchev–Trinajstić information content (AvgIpc) is 2.87. The monoisotopic (exact) mass is 272 g/mol. The summed E-state index contributed by atoms with van der Waals surface area (Å²) in [5.41, 5.74) is 0.914. The van der Waals surface area contributed by atoms with Gasteiger partial charge in [-0.15, -0.1) is 21.5 Å². The number of hydrogen-bond acceptors (Lipinski definition) is 7. The van der Waals surface area contributed by atoms with Gasteiger partial charge in [-0.2, -0.15) is 0 Å². The quantitative estimate of drug-likeness (QED) is 0.714. The zero-order chi connectivity index (χ0) is 12.7. The van der Waals surface area contributed by atoms with E-state index < -0.39 is 0 Å². The molecule has 19 heavy (non-hydrogen) atoms.